The van der Waals surface area contributed by atoms with Crippen molar-refractivity contribution in [2.45, 2.75) is 12.8 Å². The van der Waals surface area contributed by atoms with E-state index in [9.17, 15) is 0 Å². The van der Waals surface area contributed by atoms with Crippen molar-refractivity contribution in [3.8, 4) is 0 Å². The minimum atomic E-state index is 0.852. The van der Waals surface area contributed by atoms with Crippen LogP contribution >= 0.6 is 0 Å². The Morgan fingerprint density at radius 2 is 1.88 bits per heavy atom. The number of aromatic nitrogens is 2. The lowest BCUT2D eigenvalue weighted by molar-refractivity contribution is 0.908. The molecule has 3 rings (SSSR count). The average Bonchev–Trinajstić information content (AvgIpc) is 2.91. The van der Waals surface area contributed by atoms with Gasteiger partial charge in [0, 0.05) is 25.5 Å². The highest BCUT2D eigenvalue weighted by atomic mass is 15.3. The van der Waals surface area contributed by atoms with Crippen LogP contribution in [-0.4, -0.2) is 30.1 Å². The third kappa shape index (κ3) is 1.79. The highest BCUT2D eigenvalue weighted by Crippen LogP contribution is 2.24. The van der Waals surface area contributed by atoms with Crippen molar-refractivity contribution in [1.29, 1.82) is 0 Å². The third-order valence-electron chi connectivity index (χ3n) is 3.22. The molecule has 17 heavy (non-hydrogen) atoms. The van der Waals surface area contributed by atoms with E-state index in [4.69, 9.17) is 0 Å². The van der Waals surface area contributed by atoms with E-state index in [1.54, 1.807) is 0 Å². The van der Waals surface area contributed by atoms with E-state index in [-0.39, 0.29) is 0 Å². The minimum Gasteiger partial charge on any atom is -0.372 e. The Kier molecular flexibility index (Phi) is 2.55. The number of para-hydroxylation sites is 1. The molecule has 1 aliphatic heterocycles. The Bertz CT molecular complexity index is 532. The van der Waals surface area contributed by atoms with Crippen LogP contribution in [0.2, 0.25) is 0 Å². The molecule has 1 N–H and O–H groups in total. The van der Waals surface area contributed by atoms with E-state index in [2.05, 4.69) is 26.3 Å². The molecule has 2 heterocycles. The molecular formula is C13H16N4. The zero-order valence-corrected chi connectivity index (χ0v) is 9.98. The van der Waals surface area contributed by atoms with Crippen LogP contribution in [-0.2, 0) is 0 Å². The van der Waals surface area contributed by atoms with Crippen molar-refractivity contribution in [1.82, 2.24) is 9.97 Å². The van der Waals surface area contributed by atoms with E-state index < -0.39 is 0 Å². The molecule has 4 heteroatoms. The van der Waals surface area contributed by atoms with Crippen LogP contribution in [0.25, 0.3) is 10.9 Å². The van der Waals surface area contributed by atoms with Crippen LogP contribution in [0.3, 0.4) is 0 Å². The van der Waals surface area contributed by atoms with Gasteiger partial charge in [-0.15, -0.1) is 0 Å². The van der Waals surface area contributed by atoms with Crippen molar-refractivity contribution >= 4 is 22.7 Å². The molecule has 0 saturated carbocycles. The van der Waals surface area contributed by atoms with E-state index in [1.165, 1.54) is 12.8 Å². The lowest BCUT2D eigenvalue weighted by atomic mass is 10.2. The number of nitrogens with zero attached hydrogens (tertiary/aromatic N) is 3. The quantitative estimate of drug-likeness (QED) is 0.856. The molecule has 0 atom stereocenters. The van der Waals surface area contributed by atoms with Gasteiger partial charge in [-0.05, 0) is 25.0 Å². The second-order valence-electron chi connectivity index (χ2n) is 4.33. The van der Waals surface area contributed by atoms with Gasteiger partial charge in [-0.25, -0.2) is 4.98 Å². The lowest BCUT2D eigenvalue weighted by Crippen LogP contribution is -2.20. The second-order valence-corrected chi connectivity index (χ2v) is 4.33. The van der Waals surface area contributed by atoms with Gasteiger partial charge >= 0.3 is 0 Å². The normalized spacial score (nSPS) is 15.5. The maximum atomic E-state index is 4.64. The summed E-state index contributed by atoms with van der Waals surface area (Å²) < 4.78 is 0. The van der Waals surface area contributed by atoms with Crippen LogP contribution in [0.4, 0.5) is 11.8 Å². The van der Waals surface area contributed by atoms with Crippen LogP contribution in [0, 0.1) is 0 Å². The number of benzene rings is 1. The van der Waals surface area contributed by atoms with Crippen LogP contribution in [0.5, 0.6) is 0 Å². The highest BCUT2D eigenvalue weighted by Gasteiger charge is 2.16. The number of rotatable bonds is 2. The number of nitrogens with one attached hydrogen (secondary N) is 1. The predicted octanol–water partition coefficient (Wildman–Crippen LogP) is 2.27. The SMILES string of the molecule is CNc1nc(N2CCCC2)nc2ccccc12. The van der Waals surface area contributed by atoms with Crippen LogP contribution < -0.4 is 10.2 Å². The molecule has 0 spiro atoms. The van der Waals surface area contributed by atoms with Gasteiger partial charge < -0.3 is 10.2 Å². The molecule has 0 amide bonds. The zero-order valence-electron chi connectivity index (χ0n) is 9.98. The maximum Gasteiger partial charge on any atom is 0.227 e. The van der Waals surface area contributed by atoms with E-state index in [0.717, 1.165) is 35.8 Å². The van der Waals surface area contributed by atoms with E-state index in [1.807, 2.05) is 25.2 Å². The van der Waals surface area contributed by atoms with E-state index >= 15 is 0 Å². The van der Waals surface area contributed by atoms with Gasteiger partial charge in [-0.2, -0.15) is 4.98 Å². The second kappa shape index (κ2) is 4.20. The minimum absolute atomic E-state index is 0.852. The summed E-state index contributed by atoms with van der Waals surface area (Å²) in [6.45, 7) is 2.14. The Morgan fingerprint density at radius 3 is 2.65 bits per heavy atom. The van der Waals surface area contributed by atoms with Gasteiger partial charge in [-0.1, -0.05) is 12.1 Å². The number of anilines is 2. The first-order chi connectivity index (χ1) is 8.38. The molecule has 88 valence electrons. The van der Waals surface area contributed by atoms with Gasteiger partial charge in [0.05, 0.1) is 5.52 Å². The molecule has 0 unspecified atom stereocenters. The first-order valence-electron chi connectivity index (χ1n) is 6.08. The van der Waals surface area contributed by atoms with Crippen molar-refractivity contribution in [3.63, 3.8) is 0 Å². The van der Waals surface area contributed by atoms with Crippen molar-refractivity contribution in [3.05, 3.63) is 24.3 Å². The largest absolute Gasteiger partial charge is 0.372 e. The standard InChI is InChI=1S/C13H16N4/c1-14-12-10-6-2-3-7-11(10)15-13(16-12)17-8-4-5-9-17/h2-3,6-7H,4-5,8-9H2,1H3,(H,14,15,16). The highest BCUT2D eigenvalue weighted by molar-refractivity contribution is 5.89. The monoisotopic (exact) mass is 228 g/mol. The van der Waals surface area contributed by atoms with Crippen molar-refractivity contribution in [2.24, 2.45) is 0 Å². The van der Waals surface area contributed by atoms with Crippen LogP contribution in [0.1, 0.15) is 12.8 Å². The molecule has 0 radical (unpaired) electrons. The van der Waals surface area contributed by atoms with Crippen LogP contribution in [0.15, 0.2) is 24.3 Å². The molecule has 4 nitrogen and oxygen atoms in total. The lowest BCUT2D eigenvalue weighted by Gasteiger charge is -2.16. The summed E-state index contributed by atoms with van der Waals surface area (Å²) in [6.07, 6.45) is 2.48. The summed E-state index contributed by atoms with van der Waals surface area (Å²) >= 11 is 0. The number of hydrogen-bond donors (Lipinski definition) is 1. The van der Waals surface area contributed by atoms with Crippen molar-refractivity contribution < 1.29 is 0 Å². The molecule has 1 saturated heterocycles. The molecule has 1 fully saturated rings. The van der Waals surface area contributed by atoms with Crippen molar-refractivity contribution in [2.75, 3.05) is 30.4 Å². The Morgan fingerprint density at radius 1 is 1.12 bits per heavy atom. The summed E-state index contributed by atoms with van der Waals surface area (Å²) in [5.41, 5.74) is 1.01. The summed E-state index contributed by atoms with van der Waals surface area (Å²) in [5, 5.41) is 4.24. The van der Waals surface area contributed by atoms with Gasteiger partial charge in [0.1, 0.15) is 5.82 Å². The van der Waals surface area contributed by atoms with Gasteiger partial charge in [0.25, 0.3) is 0 Å². The Hall–Kier alpha value is -1.84. The summed E-state index contributed by atoms with van der Waals surface area (Å²) in [6, 6.07) is 8.12. The average molecular weight is 228 g/mol. The van der Waals surface area contributed by atoms with E-state index in [0.29, 0.717) is 0 Å². The first kappa shape index (κ1) is 10.3. The fourth-order valence-electron chi connectivity index (χ4n) is 2.31. The number of fused-ring (bicyclic) bond motifs is 1. The molecular weight excluding hydrogens is 212 g/mol. The molecule has 1 aromatic carbocycles. The molecule has 1 aliphatic rings. The van der Waals surface area contributed by atoms with Gasteiger partial charge in [0.2, 0.25) is 5.95 Å². The molecule has 2 aromatic rings. The Labute approximate surface area is 101 Å². The molecule has 0 bridgehead atoms. The van der Waals surface area contributed by atoms with Gasteiger partial charge in [0.15, 0.2) is 0 Å². The first-order valence-corrected chi connectivity index (χ1v) is 6.08. The number of hydrogen-bond acceptors (Lipinski definition) is 4. The zero-order chi connectivity index (χ0) is 11.7. The summed E-state index contributed by atoms with van der Waals surface area (Å²) in [4.78, 5) is 11.5. The molecule has 0 aliphatic carbocycles. The molecule has 1 aromatic heterocycles. The summed E-state index contributed by atoms with van der Waals surface area (Å²) in [5.74, 6) is 1.77. The maximum absolute atomic E-state index is 4.64. The third-order valence-corrected chi connectivity index (χ3v) is 3.22. The fraction of sp³-hybridized carbons (Fsp3) is 0.385. The van der Waals surface area contributed by atoms with Gasteiger partial charge in [-0.3, -0.25) is 0 Å². The Balaban J connectivity index is 2.13. The topological polar surface area (TPSA) is 41.1 Å². The predicted molar refractivity (Wildman–Crippen MR) is 70.5 cm³/mol. The summed E-state index contributed by atoms with van der Waals surface area (Å²) in [7, 11) is 1.91. The fourth-order valence-corrected chi connectivity index (χ4v) is 2.31. The smallest absolute Gasteiger partial charge is 0.227 e.